The fraction of sp³-hybridized carbons (Fsp3) is 0.139. The van der Waals surface area contributed by atoms with E-state index >= 15 is 0 Å². The fourth-order valence-corrected chi connectivity index (χ4v) is 5.63. The van der Waals surface area contributed by atoms with E-state index in [1.807, 2.05) is 78.9 Å². The molecule has 0 fully saturated rings. The zero-order valence-electron chi connectivity index (χ0n) is 23.3. The number of fused-ring (bicyclic) bond motifs is 1. The molecule has 0 saturated heterocycles. The Bertz CT molecular complexity index is 1790. The maximum atomic E-state index is 13.8. The van der Waals surface area contributed by atoms with Crippen molar-refractivity contribution in [3.8, 4) is 22.4 Å². The average molecular weight is 601 g/mol. The molecule has 0 spiro atoms. The van der Waals surface area contributed by atoms with Crippen LogP contribution in [0.4, 0.5) is 32.0 Å². The Labute approximate surface area is 250 Å². The van der Waals surface area contributed by atoms with E-state index in [1.54, 1.807) is 12.1 Å². The summed E-state index contributed by atoms with van der Waals surface area (Å²) in [5.41, 5.74) is 3.42. The van der Waals surface area contributed by atoms with E-state index < -0.39 is 29.5 Å². The van der Waals surface area contributed by atoms with Gasteiger partial charge in [-0.3, -0.25) is 4.98 Å². The van der Waals surface area contributed by atoms with Gasteiger partial charge in [0.15, 0.2) is 0 Å². The Hall–Kier alpha value is -4.85. The summed E-state index contributed by atoms with van der Waals surface area (Å²) in [7, 11) is 0. The van der Waals surface area contributed by atoms with Crippen LogP contribution >= 0.6 is 0 Å². The van der Waals surface area contributed by atoms with Crippen LogP contribution in [0.1, 0.15) is 46.0 Å². The third kappa shape index (κ3) is 6.11. The lowest BCUT2D eigenvalue weighted by Crippen LogP contribution is -2.17. The minimum atomic E-state index is -4.98. The summed E-state index contributed by atoms with van der Waals surface area (Å²) in [4.78, 5) is 4.97. The molecule has 0 radical (unpaired) electrons. The van der Waals surface area contributed by atoms with Crippen LogP contribution in [-0.2, 0) is 18.8 Å². The summed E-state index contributed by atoms with van der Waals surface area (Å²) >= 11 is 0. The number of nitrogens with one attached hydrogen (secondary N) is 1. The van der Waals surface area contributed by atoms with Gasteiger partial charge in [0, 0.05) is 11.3 Å². The van der Waals surface area contributed by atoms with E-state index in [1.165, 1.54) is 0 Å². The molecule has 1 unspecified atom stereocenters. The summed E-state index contributed by atoms with van der Waals surface area (Å²) in [6, 6.07) is 28.7. The Kier molecular flexibility index (Phi) is 7.76. The third-order valence-electron chi connectivity index (χ3n) is 7.67. The minimum Gasteiger partial charge on any atom is -0.373 e. The molecule has 0 saturated carbocycles. The van der Waals surface area contributed by atoms with E-state index in [2.05, 4.69) is 17.5 Å². The number of rotatable bonds is 6. The molecule has 6 rings (SSSR count). The van der Waals surface area contributed by atoms with E-state index in [-0.39, 0.29) is 11.8 Å². The molecule has 2 nitrogen and oxygen atoms in total. The van der Waals surface area contributed by atoms with Gasteiger partial charge in [0.1, 0.15) is 0 Å². The van der Waals surface area contributed by atoms with Crippen LogP contribution in [-0.4, -0.2) is 4.98 Å². The number of nitrogens with zero attached hydrogens (tertiary/aromatic N) is 1. The van der Waals surface area contributed by atoms with Crippen LogP contribution in [0.25, 0.3) is 28.5 Å². The van der Waals surface area contributed by atoms with Gasteiger partial charge in [-0.05, 0) is 71.0 Å². The molecular formula is C36H26F6N2. The molecule has 0 aliphatic heterocycles. The van der Waals surface area contributed by atoms with Gasteiger partial charge in [0.2, 0.25) is 0 Å². The van der Waals surface area contributed by atoms with Gasteiger partial charge in [-0.15, -0.1) is 0 Å². The molecule has 0 bridgehead atoms. The number of anilines is 1. The SMILES string of the molecule is FC(F)(F)c1cc(NC(c2cccc(-c3cccc4c3CCC=C4)n2)c2ccccc2-c2ccccc2)cc(C(F)(F)F)c1. The van der Waals surface area contributed by atoms with E-state index in [9.17, 15) is 26.3 Å². The number of halogens is 6. The molecule has 4 aromatic carbocycles. The van der Waals surface area contributed by atoms with Crippen LogP contribution in [0.3, 0.4) is 0 Å². The first-order chi connectivity index (χ1) is 21.1. The van der Waals surface area contributed by atoms with Crippen molar-refractivity contribution in [3.05, 3.63) is 149 Å². The van der Waals surface area contributed by atoms with Gasteiger partial charge in [-0.25, -0.2) is 0 Å². The number of allylic oxidation sites excluding steroid dienone is 1. The topological polar surface area (TPSA) is 24.9 Å². The molecule has 1 aromatic heterocycles. The number of alkyl halides is 6. The first-order valence-corrected chi connectivity index (χ1v) is 14.0. The van der Waals surface area contributed by atoms with Crippen molar-refractivity contribution in [2.45, 2.75) is 31.2 Å². The van der Waals surface area contributed by atoms with E-state index in [0.717, 1.165) is 40.7 Å². The summed E-state index contributed by atoms with van der Waals surface area (Å²) in [5, 5.41) is 3.01. The maximum Gasteiger partial charge on any atom is 0.416 e. The third-order valence-corrected chi connectivity index (χ3v) is 7.67. The molecule has 44 heavy (non-hydrogen) atoms. The normalized spacial score (nSPS) is 13.8. The van der Waals surface area contributed by atoms with Crippen molar-refractivity contribution in [1.29, 1.82) is 0 Å². The van der Waals surface area contributed by atoms with Crippen molar-refractivity contribution in [3.63, 3.8) is 0 Å². The van der Waals surface area contributed by atoms with Gasteiger partial charge < -0.3 is 5.32 Å². The van der Waals surface area contributed by atoms with Crippen molar-refractivity contribution < 1.29 is 26.3 Å². The molecule has 1 aliphatic carbocycles. The van der Waals surface area contributed by atoms with Crippen LogP contribution in [0.5, 0.6) is 0 Å². The zero-order valence-corrected chi connectivity index (χ0v) is 23.3. The molecule has 1 heterocycles. The standard InChI is InChI=1S/C36H26F6N2/c37-35(38,39)25-20-26(36(40,41)42)22-27(21-25)43-34(31-16-7-6-15-29(31)23-10-2-1-3-11-23)33-19-9-18-32(44-33)30-17-8-13-24-12-4-5-14-28(24)30/h1-4,6-13,15-22,34,43H,5,14H2. The smallest absolute Gasteiger partial charge is 0.373 e. The monoisotopic (exact) mass is 600 g/mol. The second-order valence-corrected chi connectivity index (χ2v) is 10.6. The molecule has 0 amide bonds. The lowest BCUT2D eigenvalue weighted by molar-refractivity contribution is -0.143. The Morgan fingerprint density at radius 3 is 2.05 bits per heavy atom. The first kappa shape index (κ1) is 29.2. The van der Waals surface area contributed by atoms with Crippen LogP contribution < -0.4 is 5.32 Å². The lowest BCUT2D eigenvalue weighted by Gasteiger charge is -2.25. The summed E-state index contributed by atoms with van der Waals surface area (Å²) in [6.45, 7) is 0. The van der Waals surface area contributed by atoms with E-state index in [0.29, 0.717) is 29.1 Å². The summed E-state index contributed by atoms with van der Waals surface area (Å²) in [6.07, 6.45) is -4.06. The zero-order chi connectivity index (χ0) is 30.9. The van der Waals surface area contributed by atoms with Gasteiger partial charge in [-0.1, -0.05) is 91.0 Å². The van der Waals surface area contributed by atoms with Crippen LogP contribution in [0.15, 0.2) is 115 Å². The first-order valence-electron chi connectivity index (χ1n) is 14.0. The molecule has 8 heteroatoms. The Morgan fingerprint density at radius 2 is 1.32 bits per heavy atom. The molecule has 1 aliphatic rings. The summed E-state index contributed by atoms with van der Waals surface area (Å²) < 4.78 is 82.6. The van der Waals surface area contributed by atoms with Crippen molar-refractivity contribution in [1.82, 2.24) is 4.98 Å². The molecule has 222 valence electrons. The molecule has 1 atom stereocenters. The minimum absolute atomic E-state index is 0.129. The van der Waals surface area contributed by atoms with Crippen LogP contribution in [0, 0.1) is 0 Å². The largest absolute Gasteiger partial charge is 0.416 e. The highest BCUT2D eigenvalue weighted by atomic mass is 19.4. The van der Waals surface area contributed by atoms with Gasteiger partial charge >= 0.3 is 12.4 Å². The van der Waals surface area contributed by atoms with Crippen molar-refractivity contribution >= 4 is 11.8 Å². The number of benzene rings is 4. The van der Waals surface area contributed by atoms with Crippen molar-refractivity contribution in [2.75, 3.05) is 5.32 Å². The van der Waals surface area contributed by atoms with Crippen molar-refractivity contribution in [2.24, 2.45) is 0 Å². The van der Waals surface area contributed by atoms with Gasteiger partial charge in [-0.2, -0.15) is 26.3 Å². The number of pyridine rings is 1. The highest BCUT2D eigenvalue weighted by molar-refractivity contribution is 5.73. The Balaban J connectivity index is 1.53. The number of hydrogen-bond donors (Lipinski definition) is 1. The Morgan fingerprint density at radius 1 is 0.659 bits per heavy atom. The quantitative estimate of drug-likeness (QED) is 0.196. The average Bonchev–Trinajstić information content (AvgIpc) is 3.03. The number of hydrogen-bond acceptors (Lipinski definition) is 2. The molecular weight excluding hydrogens is 574 g/mol. The van der Waals surface area contributed by atoms with Crippen LogP contribution in [0.2, 0.25) is 0 Å². The second-order valence-electron chi connectivity index (χ2n) is 10.6. The maximum absolute atomic E-state index is 13.8. The van der Waals surface area contributed by atoms with E-state index in [4.69, 9.17) is 4.98 Å². The lowest BCUT2D eigenvalue weighted by atomic mass is 9.90. The highest BCUT2D eigenvalue weighted by Crippen LogP contribution is 2.40. The number of aromatic nitrogens is 1. The fourth-order valence-electron chi connectivity index (χ4n) is 5.63. The molecule has 1 N–H and O–H groups in total. The predicted octanol–water partition coefficient (Wildman–Crippen LogP) is 10.6. The second kappa shape index (κ2) is 11.7. The summed E-state index contributed by atoms with van der Waals surface area (Å²) in [5.74, 6) is 0. The highest BCUT2D eigenvalue weighted by Gasteiger charge is 2.37. The predicted molar refractivity (Wildman–Crippen MR) is 161 cm³/mol. The van der Waals surface area contributed by atoms with Gasteiger partial charge in [0.25, 0.3) is 0 Å². The van der Waals surface area contributed by atoms with Gasteiger partial charge in [0.05, 0.1) is 28.6 Å². The molecule has 5 aromatic rings.